The summed E-state index contributed by atoms with van der Waals surface area (Å²) in [5.74, 6) is -1.29. The zero-order valence-corrected chi connectivity index (χ0v) is 10.1. The van der Waals surface area contributed by atoms with Crippen molar-refractivity contribution in [1.29, 1.82) is 0 Å². The highest BCUT2D eigenvalue weighted by molar-refractivity contribution is 8.01. The highest BCUT2D eigenvalue weighted by Crippen LogP contribution is 2.30. The molecular weight excluding hydrogens is 251 g/mol. The van der Waals surface area contributed by atoms with Crippen LogP contribution in [0.3, 0.4) is 0 Å². The fraction of sp³-hybridized carbons (Fsp3) is 1.00. The van der Waals surface area contributed by atoms with E-state index in [0.717, 1.165) is 0 Å². The number of thioether (sulfide) groups is 1. The van der Waals surface area contributed by atoms with Crippen molar-refractivity contribution in [3.63, 3.8) is 0 Å². The van der Waals surface area contributed by atoms with Crippen LogP contribution >= 0.6 is 11.8 Å². The minimum atomic E-state index is -4.38. The predicted molar refractivity (Wildman–Crippen MR) is 55.4 cm³/mol. The van der Waals surface area contributed by atoms with Gasteiger partial charge < -0.3 is 5.73 Å². The van der Waals surface area contributed by atoms with Gasteiger partial charge in [-0.2, -0.15) is 13.2 Å². The van der Waals surface area contributed by atoms with Gasteiger partial charge in [-0.15, -0.1) is 0 Å². The number of hydrogen-bond acceptors (Lipinski definition) is 4. The second kappa shape index (κ2) is 4.92. The van der Waals surface area contributed by atoms with E-state index < -0.39 is 32.4 Å². The van der Waals surface area contributed by atoms with E-state index in [-0.39, 0.29) is 17.5 Å². The molecule has 0 aliphatic heterocycles. The third-order valence-electron chi connectivity index (χ3n) is 1.25. The third-order valence-corrected chi connectivity index (χ3v) is 4.26. The summed E-state index contributed by atoms with van der Waals surface area (Å²) >= 11 is -0.334. The minimum absolute atomic E-state index is 0.307. The fourth-order valence-corrected chi connectivity index (χ4v) is 3.78. The quantitative estimate of drug-likeness (QED) is 0.816. The summed E-state index contributed by atoms with van der Waals surface area (Å²) in [6.45, 7) is 3.03. The lowest BCUT2D eigenvalue weighted by molar-refractivity contribution is -0.0326. The van der Waals surface area contributed by atoms with Gasteiger partial charge in [0.25, 0.3) is 0 Å². The molecule has 0 aliphatic carbocycles. The molecule has 15 heavy (non-hydrogen) atoms. The van der Waals surface area contributed by atoms with E-state index in [9.17, 15) is 21.6 Å². The van der Waals surface area contributed by atoms with Crippen LogP contribution in [-0.2, 0) is 9.84 Å². The number of nitrogens with two attached hydrogens (primary N) is 1. The molecule has 0 radical (unpaired) electrons. The van der Waals surface area contributed by atoms with Gasteiger partial charge in [0.15, 0.2) is 9.84 Å². The molecule has 0 saturated carbocycles. The molecular formula is C7H14F3NO2S2. The Morgan fingerprint density at radius 3 is 2.07 bits per heavy atom. The monoisotopic (exact) mass is 265 g/mol. The molecule has 0 rings (SSSR count). The van der Waals surface area contributed by atoms with Crippen molar-refractivity contribution in [2.24, 2.45) is 5.73 Å². The number of sulfone groups is 1. The number of hydrogen-bond donors (Lipinski definition) is 1. The van der Waals surface area contributed by atoms with Crippen LogP contribution in [0.2, 0.25) is 0 Å². The largest absolute Gasteiger partial charge is 0.441 e. The standard InChI is InChI=1S/C7H14F3NO2S2/c1-6(2,11)5-15(12,13)4-3-14-7(8,9)10/h3-5,11H2,1-2H3. The van der Waals surface area contributed by atoms with Crippen LogP contribution in [0.1, 0.15) is 13.8 Å². The summed E-state index contributed by atoms with van der Waals surface area (Å²) in [4.78, 5) is 0. The van der Waals surface area contributed by atoms with Crippen molar-refractivity contribution in [1.82, 2.24) is 0 Å². The summed E-state index contributed by atoms with van der Waals surface area (Å²) in [6, 6.07) is 0. The second-order valence-corrected chi connectivity index (χ2v) is 7.22. The van der Waals surface area contributed by atoms with Gasteiger partial charge in [0.2, 0.25) is 0 Å². The Morgan fingerprint density at radius 2 is 1.73 bits per heavy atom. The van der Waals surface area contributed by atoms with Crippen molar-refractivity contribution in [2.75, 3.05) is 17.3 Å². The zero-order valence-electron chi connectivity index (χ0n) is 8.47. The molecule has 3 nitrogen and oxygen atoms in total. The summed E-state index contributed by atoms with van der Waals surface area (Å²) in [6.07, 6.45) is 0. The van der Waals surface area contributed by atoms with Gasteiger partial charge in [-0.25, -0.2) is 8.42 Å². The summed E-state index contributed by atoms with van der Waals surface area (Å²) in [5, 5.41) is 0. The molecule has 0 aromatic heterocycles. The smallest absolute Gasteiger partial charge is 0.325 e. The van der Waals surface area contributed by atoms with Gasteiger partial charge in [-0.3, -0.25) is 0 Å². The van der Waals surface area contributed by atoms with E-state index in [1.807, 2.05) is 0 Å². The van der Waals surface area contributed by atoms with Crippen LogP contribution in [0.25, 0.3) is 0 Å². The van der Waals surface area contributed by atoms with Gasteiger partial charge in [0.05, 0.1) is 11.5 Å². The first kappa shape index (κ1) is 15.0. The van der Waals surface area contributed by atoms with Crippen LogP contribution in [-0.4, -0.2) is 36.7 Å². The van der Waals surface area contributed by atoms with E-state index in [4.69, 9.17) is 5.73 Å². The van der Waals surface area contributed by atoms with Crippen molar-refractivity contribution in [2.45, 2.75) is 24.9 Å². The van der Waals surface area contributed by atoms with Crippen LogP contribution in [0, 0.1) is 0 Å². The predicted octanol–water partition coefficient (Wildman–Crippen LogP) is 1.39. The molecule has 0 aromatic carbocycles. The Labute approximate surface area is 91.5 Å². The number of rotatable bonds is 5. The lowest BCUT2D eigenvalue weighted by Crippen LogP contribution is -2.40. The Kier molecular flexibility index (Phi) is 4.94. The van der Waals surface area contributed by atoms with Crippen molar-refractivity contribution in [3.05, 3.63) is 0 Å². The summed E-state index contributed by atoms with van der Waals surface area (Å²) in [7, 11) is -3.51. The maximum Gasteiger partial charge on any atom is 0.441 e. The van der Waals surface area contributed by atoms with Crippen molar-refractivity contribution in [3.8, 4) is 0 Å². The van der Waals surface area contributed by atoms with Crippen LogP contribution in [0.4, 0.5) is 13.2 Å². The highest BCUT2D eigenvalue weighted by atomic mass is 32.2. The van der Waals surface area contributed by atoms with E-state index in [1.54, 1.807) is 0 Å². The lowest BCUT2D eigenvalue weighted by atomic mass is 10.1. The Bertz CT molecular complexity index is 292. The van der Waals surface area contributed by atoms with E-state index >= 15 is 0 Å². The SMILES string of the molecule is CC(C)(N)CS(=O)(=O)CCSC(F)(F)F. The fourth-order valence-electron chi connectivity index (χ4n) is 0.923. The normalized spacial score (nSPS) is 14.3. The molecule has 0 atom stereocenters. The zero-order chi connectivity index (χ0) is 12.3. The van der Waals surface area contributed by atoms with Crippen molar-refractivity contribution >= 4 is 21.6 Å². The summed E-state index contributed by atoms with van der Waals surface area (Å²) in [5.41, 5.74) is 0.175. The third kappa shape index (κ3) is 10.3. The Morgan fingerprint density at radius 1 is 1.27 bits per heavy atom. The first-order valence-electron chi connectivity index (χ1n) is 4.11. The van der Waals surface area contributed by atoms with Gasteiger partial charge in [-0.1, -0.05) is 0 Å². The molecule has 0 unspecified atom stereocenters. The molecule has 8 heteroatoms. The number of alkyl halides is 3. The molecule has 0 bridgehead atoms. The average molecular weight is 265 g/mol. The van der Waals surface area contributed by atoms with Crippen LogP contribution < -0.4 is 5.73 Å². The molecule has 0 spiro atoms. The van der Waals surface area contributed by atoms with Gasteiger partial charge >= 0.3 is 5.51 Å². The second-order valence-electron chi connectivity index (χ2n) is 3.87. The van der Waals surface area contributed by atoms with E-state index in [0.29, 0.717) is 0 Å². The molecule has 0 fully saturated rings. The lowest BCUT2D eigenvalue weighted by Gasteiger charge is -2.18. The first-order valence-corrected chi connectivity index (χ1v) is 6.92. The number of halogens is 3. The van der Waals surface area contributed by atoms with E-state index in [2.05, 4.69) is 0 Å². The van der Waals surface area contributed by atoms with Gasteiger partial charge in [-0.05, 0) is 25.6 Å². The van der Waals surface area contributed by atoms with Crippen LogP contribution in [0.15, 0.2) is 0 Å². The molecule has 0 heterocycles. The Hall–Kier alpha value is 0.0500. The van der Waals surface area contributed by atoms with Crippen LogP contribution in [0.5, 0.6) is 0 Å². The topological polar surface area (TPSA) is 60.2 Å². The van der Waals surface area contributed by atoms with Gasteiger partial charge in [0, 0.05) is 11.3 Å². The first-order chi connectivity index (χ1) is 6.41. The molecule has 2 N–H and O–H groups in total. The maximum absolute atomic E-state index is 11.7. The average Bonchev–Trinajstić information content (AvgIpc) is 1.75. The Balaban J connectivity index is 4.08. The summed E-state index contributed by atoms with van der Waals surface area (Å²) < 4.78 is 57.7. The van der Waals surface area contributed by atoms with Crippen molar-refractivity contribution < 1.29 is 21.6 Å². The minimum Gasteiger partial charge on any atom is -0.325 e. The molecule has 0 aromatic rings. The molecule has 0 saturated heterocycles. The van der Waals surface area contributed by atoms with Gasteiger partial charge in [0.1, 0.15) is 0 Å². The highest BCUT2D eigenvalue weighted by Gasteiger charge is 2.29. The maximum atomic E-state index is 11.7. The molecule has 0 aliphatic rings. The molecule has 92 valence electrons. The van der Waals surface area contributed by atoms with E-state index in [1.165, 1.54) is 13.8 Å². The molecule has 0 amide bonds.